The van der Waals surface area contributed by atoms with Crippen LogP contribution in [0.25, 0.3) is 11.1 Å². The zero-order valence-corrected chi connectivity index (χ0v) is 13.7. The van der Waals surface area contributed by atoms with Gasteiger partial charge < -0.3 is 0 Å². The molecule has 8 heteroatoms. The summed E-state index contributed by atoms with van der Waals surface area (Å²) in [6, 6.07) is 8.88. The SMILES string of the molecule is O=C1c2nccc(Cl)c2C(=O)c2c(-c3ccccc3[N+](=O)[O-])ccnc21. The number of nitro benzene ring substituents is 1. The topological polar surface area (TPSA) is 103 Å². The number of halogens is 1. The molecule has 7 nitrogen and oxygen atoms in total. The molecule has 1 aliphatic rings. The quantitative estimate of drug-likeness (QED) is 0.398. The smallest absolute Gasteiger partial charge is 0.277 e. The molecule has 2 aromatic heterocycles. The lowest BCUT2D eigenvalue weighted by Gasteiger charge is -2.19. The van der Waals surface area contributed by atoms with E-state index in [4.69, 9.17) is 11.6 Å². The molecule has 0 aliphatic heterocycles. The van der Waals surface area contributed by atoms with Crippen LogP contribution >= 0.6 is 11.6 Å². The number of hydrogen-bond donors (Lipinski definition) is 0. The molecule has 0 spiro atoms. The van der Waals surface area contributed by atoms with Gasteiger partial charge in [-0.2, -0.15) is 0 Å². The van der Waals surface area contributed by atoms with Gasteiger partial charge in [-0.3, -0.25) is 29.7 Å². The van der Waals surface area contributed by atoms with E-state index in [1.54, 1.807) is 6.07 Å². The van der Waals surface area contributed by atoms with Gasteiger partial charge >= 0.3 is 0 Å². The number of carbonyl (C=O) groups excluding carboxylic acids is 2. The third-order valence-corrected chi connectivity index (χ3v) is 4.44. The molecule has 0 amide bonds. The van der Waals surface area contributed by atoms with Crippen LogP contribution in [-0.2, 0) is 0 Å². The monoisotopic (exact) mass is 365 g/mol. The molecule has 0 saturated carbocycles. The zero-order valence-electron chi connectivity index (χ0n) is 13.0. The van der Waals surface area contributed by atoms with E-state index < -0.39 is 16.5 Å². The molecule has 4 rings (SSSR count). The zero-order chi connectivity index (χ0) is 18.4. The lowest BCUT2D eigenvalue weighted by Crippen LogP contribution is -2.24. The van der Waals surface area contributed by atoms with Crippen LogP contribution in [0.5, 0.6) is 0 Å². The Bertz CT molecular complexity index is 1130. The summed E-state index contributed by atoms with van der Waals surface area (Å²) >= 11 is 6.11. The number of carbonyl (C=O) groups is 2. The number of hydrogen-bond acceptors (Lipinski definition) is 6. The Morgan fingerprint density at radius 3 is 2.23 bits per heavy atom. The van der Waals surface area contributed by atoms with Crippen molar-refractivity contribution in [3.63, 3.8) is 0 Å². The van der Waals surface area contributed by atoms with Gasteiger partial charge in [-0.25, -0.2) is 0 Å². The molecule has 2 heterocycles. The van der Waals surface area contributed by atoms with E-state index in [9.17, 15) is 19.7 Å². The first-order valence-electron chi connectivity index (χ1n) is 7.47. The molecule has 1 aliphatic carbocycles. The van der Waals surface area contributed by atoms with Gasteiger partial charge in [-0.1, -0.05) is 23.7 Å². The molecule has 0 atom stereocenters. The van der Waals surface area contributed by atoms with Crippen molar-refractivity contribution in [1.82, 2.24) is 9.97 Å². The van der Waals surface area contributed by atoms with E-state index in [1.807, 2.05) is 0 Å². The maximum atomic E-state index is 13.1. The van der Waals surface area contributed by atoms with Crippen molar-refractivity contribution in [2.75, 3.05) is 0 Å². The van der Waals surface area contributed by atoms with Crippen molar-refractivity contribution in [2.24, 2.45) is 0 Å². The van der Waals surface area contributed by atoms with Crippen LogP contribution < -0.4 is 0 Å². The van der Waals surface area contributed by atoms with Gasteiger partial charge in [0, 0.05) is 24.0 Å². The fourth-order valence-corrected chi connectivity index (χ4v) is 3.24. The molecule has 0 saturated heterocycles. The van der Waals surface area contributed by atoms with E-state index in [1.165, 1.54) is 42.7 Å². The summed E-state index contributed by atoms with van der Waals surface area (Å²) in [5.41, 5.74) is 0.125. The van der Waals surface area contributed by atoms with Crippen LogP contribution in [-0.4, -0.2) is 26.5 Å². The van der Waals surface area contributed by atoms with Crippen LogP contribution in [0.3, 0.4) is 0 Å². The highest BCUT2D eigenvalue weighted by molar-refractivity contribution is 6.39. The fourth-order valence-electron chi connectivity index (χ4n) is 3.01. The van der Waals surface area contributed by atoms with Crippen molar-refractivity contribution in [3.05, 3.63) is 86.4 Å². The molecular weight excluding hydrogens is 358 g/mol. The van der Waals surface area contributed by atoms with Crippen LogP contribution in [0.1, 0.15) is 32.1 Å². The van der Waals surface area contributed by atoms with Crippen molar-refractivity contribution < 1.29 is 14.5 Å². The van der Waals surface area contributed by atoms with Crippen molar-refractivity contribution >= 4 is 28.9 Å². The third-order valence-electron chi connectivity index (χ3n) is 4.13. The van der Waals surface area contributed by atoms with E-state index >= 15 is 0 Å². The number of fused-ring (bicyclic) bond motifs is 2. The standard InChI is InChI=1S/C18H8ClN3O4/c19-11-6-8-21-16-14(11)17(23)13-10(5-7-20-15(13)18(16)24)9-3-1-2-4-12(9)22(25)26/h1-8H. The van der Waals surface area contributed by atoms with E-state index in [0.29, 0.717) is 0 Å². The first-order valence-corrected chi connectivity index (χ1v) is 7.85. The van der Waals surface area contributed by atoms with Gasteiger partial charge in [-0.05, 0) is 18.2 Å². The maximum Gasteiger partial charge on any atom is 0.277 e. The summed E-state index contributed by atoms with van der Waals surface area (Å²) in [5, 5.41) is 11.5. The summed E-state index contributed by atoms with van der Waals surface area (Å²) < 4.78 is 0. The largest absolute Gasteiger partial charge is 0.288 e. The number of pyridine rings is 2. The van der Waals surface area contributed by atoms with E-state index in [2.05, 4.69) is 9.97 Å². The number of benzene rings is 1. The highest BCUT2D eigenvalue weighted by Crippen LogP contribution is 2.38. The molecule has 0 unspecified atom stereocenters. The second kappa shape index (κ2) is 5.82. The van der Waals surface area contributed by atoms with Gasteiger partial charge in [0.1, 0.15) is 11.4 Å². The average Bonchev–Trinajstić information content (AvgIpc) is 2.65. The van der Waals surface area contributed by atoms with Crippen LogP contribution in [0.15, 0.2) is 48.8 Å². The molecule has 0 bridgehead atoms. The number of nitro groups is 1. The molecule has 26 heavy (non-hydrogen) atoms. The number of nitrogens with zero attached hydrogens (tertiary/aromatic N) is 3. The minimum atomic E-state index is -0.544. The Labute approximate surface area is 151 Å². The Kier molecular flexibility index (Phi) is 3.59. The summed E-state index contributed by atoms with van der Waals surface area (Å²) in [7, 11) is 0. The second-order valence-electron chi connectivity index (χ2n) is 5.53. The van der Waals surface area contributed by atoms with Gasteiger partial charge in [0.15, 0.2) is 5.78 Å². The van der Waals surface area contributed by atoms with Crippen LogP contribution in [0.2, 0.25) is 5.02 Å². The highest BCUT2D eigenvalue weighted by atomic mass is 35.5. The van der Waals surface area contributed by atoms with Gasteiger partial charge in [0.25, 0.3) is 5.69 Å². The van der Waals surface area contributed by atoms with Gasteiger partial charge in [-0.15, -0.1) is 0 Å². The van der Waals surface area contributed by atoms with Crippen LogP contribution in [0, 0.1) is 10.1 Å². The highest BCUT2D eigenvalue weighted by Gasteiger charge is 2.36. The third kappa shape index (κ3) is 2.21. The lowest BCUT2D eigenvalue weighted by molar-refractivity contribution is -0.384. The first kappa shape index (κ1) is 16.0. The fraction of sp³-hybridized carbons (Fsp3) is 0. The van der Waals surface area contributed by atoms with Gasteiger partial charge in [0.05, 0.1) is 26.6 Å². The molecule has 3 aromatic rings. The minimum absolute atomic E-state index is 0.00537. The number of para-hydroxylation sites is 1. The lowest BCUT2D eigenvalue weighted by atomic mass is 9.85. The predicted octanol–water partition coefficient (Wildman–Crippen LogP) is 3.48. The molecular formula is C18H8ClN3O4. The number of aromatic nitrogens is 2. The number of ketones is 2. The van der Waals surface area contributed by atoms with E-state index in [-0.39, 0.29) is 44.4 Å². The Hall–Kier alpha value is -3.45. The molecule has 126 valence electrons. The average molecular weight is 366 g/mol. The Balaban J connectivity index is 2.05. The minimum Gasteiger partial charge on any atom is -0.288 e. The summed E-state index contributed by atoms with van der Waals surface area (Å²) in [4.78, 5) is 44.6. The Morgan fingerprint density at radius 2 is 1.50 bits per heavy atom. The first-order chi connectivity index (χ1) is 12.5. The van der Waals surface area contributed by atoms with Gasteiger partial charge in [0.2, 0.25) is 5.78 Å². The van der Waals surface area contributed by atoms with Crippen LogP contribution in [0.4, 0.5) is 5.69 Å². The number of rotatable bonds is 2. The maximum absolute atomic E-state index is 13.1. The second-order valence-corrected chi connectivity index (χ2v) is 5.94. The van der Waals surface area contributed by atoms with Crippen molar-refractivity contribution in [3.8, 4) is 11.1 Å². The molecule has 0 radical (unpaired) electrons. The summed E-state index contributed by atoms with van der Waals surface area (Å²) in [5.74, 6) is -1.08. The van der Waals surface area contributed by atoms with Crippen molar-refractivity contribution in [2.45, 2.75) is 0 Å². The Morgan fingerprint density at radius 1 is 0.846 bits per heavy atom. The molecule has 0 fully saturated rings. The molecule has 0 N–H and O–H groups in total. The normalized spacial score (nSPS) is 12.5. The summed E-state index contributed by atoms with van der Waals surface area (Å²) in [6.45, 7) is 0. The molecule has 1 aromatic carbocycles. The summed E-state index contributed by atoms with van der Waals surface area (Å²) in [6.07, 6.45) is 2.68. The van der Waals surface area contributed by atoms with E-state index in [0.717, 1.165) is 0 Å². The predicted molar refractivity (Wildman–Crippen MR) is 92.4 cm³/mol. The van der Waals surface area contributed by atoms with Crippen molar-refractivity contribution in [1.29, 1.82) is 0 Å².